The lowest BCUT2D eigenvalue weighted by molar-refractivity contribution is 0.402. The van der Waals surface area contributed by atoms with E-state index in [-0.39, 0.29) is 5.75 Å². The lowest BCUT2D eigenvalue weighted by Crippen LogP contribution is -2.54. The van der Waals surface area contributed by atoms with Crippen LogP contribution in [0, 0.1) is 0 Å². The molecule has 1 aromatic carbocycles. The molecule has 9 nitrogen and oxygen atoms in total. The summed E-state index contributed by atoms with van der Waals surface area (Å²) in [5.74, 6) is 0.849. The van der Waals surface area contributed by atoms with Crippen LogP contribution < -0.4 is 15.0 Å². The quantitative estimate of drug-likeness (QED) is 0.522. The van der Waals surface area contributed by atoms with Gasteiger partial charge in [0.25, 0.3) is 0 Å². The molecule has 31 heavy (non-hydrogen) atoms. The molecule has 3 aromatic heterocycles. The molecule has 0 aliphatic carbocycles. The number of ether oxygens (including phenoxy) is 1. The van der Waals surface area contributed by atoms with Gasteiger partial charge in [0, 0.05) is 49.9 Å². The number of aromatic nitrogens is 5. The molecule has 160 valence electrons. The van der Waals surface area contributed by atoms with Gasteiger partial charge in [0.05, 0.1) is 35.5 Å². The van der Waals surface area contributed by atoms with Crippen LogP contribution >= 0.6 is 0 Å². The average Bonchev–Trinajstić information content (AvgIpc) is 3.10. The summed E-state index contributed by atoms with van der Waals surface area (Å²) in [6.45, 7) is 6.16. The van der Waals surface area contributed by atoms with Crippen molar-refractivity contribution in [1.82, 2.24) is 30.0 Å². The second-order valence-corrected chi connectivity index (χ2v) is 8.23. The van der Waals surface area contributed by atoms with Crippen LogP contribution in [0.5, 0.6) is 11.6 Å². The Morgan fingerprint density at radius 2 is 1.90 bits per heavy atom. The minimum Gasteiger partial charge on any atom is -0.507 e. The van der Waals surface area contributed by atoms with E-state index in [9.17, 15) is 5.11 Å². The highest BCUT2D eigenvalue weighted by atomic mass is 16.5. The van der Waals surface area contributed by atoms with Crippen LogP contribution in [0.15, 0.2) is 30.6 Å². The number of phenols is 1. The van der Waals surface area contributed by atoms with Crippen molar-refractivity contribution in [2.24, 2.45) is 7.05 Å². The molecular formula is C22H25N7O2. The number of methoxy groups -OCH3 is 1. The fraction of sp³-hybridized carbons (Fsp3) is 0.364. The molecule has 0 bridgehead atoms. The first-order valence-electron chi connectivity index (χ1n) is 10.3. The molecule has 5 rings (SSSR count). The van der Waals surface area contributed by atoms with Crippen LogP contribution in [-0.2, 0) is 7.05 Å². The zero-order valence-electron chi connectivity index (χ0n) is 18.0. The number of nitrogens with one attached hydrogen (secondary N) is 1. The third-order valence-corrected chi connectivity index (χ3v) is 5.60. The first-order valence-corrected chi connectivity index (χ1v) is 10.3. The first kappa shape index (κ1) is 19.5. The number of piperazine rings is 1. The molecule has 0 saturated carbocycles. The highest BCUT2D eigenvalue weighted by molar-refractivity contribution is 5.89. The van der Waals surface area contributed by atoms with Crippen LogP contribution in [0.2, 0.25) is 0 Å². The number of phenolic OH excluding ortho intramolecular Hbond substituents is 1. The summed E-state index contributed by atoms with van der Waals surface area (Å²) in [5.41, 5.74) is 2.75. The van der Waals surface area contributed by atoms with E-state index in [0.29, 0.717) is 40.5 Å². The summed E-state index contributed by atoms with van der Waals surface area (Å²) in [6, 6.07) is 6.26. The Labute approximate surface area is 179 Å². The maximum Gasteiger partial charge on any atom is 0.226 e. The monoisotopic (exact) mass is 419 g/mol. The van der Waals surface area contributed by atoms with Crippen molar-refractivity contribution >= 4 is 27.6 Å². The average molecular weight is 419 g/mol. The van der Waals surface area contributed by atoms with Gasteiger partial charge in [-0.05, 0) is 26.0 Å². The zero-order chi connectivity index (χ0) is 21.7. The van der Waals surface area contributed by atoms with Gasteiger partial charge in [-0.3, -0.25) is 4.68 Å². The Kier molecular flexibility index (Phi) is 4.62. The van der Waals surface area contributed by atoms with Crippen molar-refractivity contribution in [1.29, 1.82) is 0 Å². The second kappa shape index (κ2) is 7.35. The van der Waals surface area contributed by atoms with Crippen molar-refractivity contribution in [3.8, 4) is 23.0 Å². The smallest absolute Gasteiger partial charge is 0.226 e. The summed E-state index contributed by atoms with van der Waals surface area (Å²) >= 11 is 0. The molecule has 0 amide bonds. The fourth-order valence-corrected chi connectivity index (χ4v) is 4.32. The maximum atomic E-state index is 10.6. The van der Waals surface area contributed by atoms with Gasteiger partial charge in [-0.1, -0.05) is 0 Å². The van der Waals surface area contributed by atoms with Gasteiger partial charge in [0.1, 0.15) is 5.75 Å². The van der Waals surface area contributed by atoms with E-state index in [1.165, 1.54) is 0 Å². The largest absolute Gasteiger partial charge is 0.507 e. The van der Waals surface area contributed by atoms with E-state index < -0.39 is 0 Å². The van der Waals surface area contributed by atoms with Gasteiger partial charge < -0.3 is 20.1 Å². The number of aryl methyl sites for hydroxylation is 1. The third-order valence-electron chi connectivity index (χ3n) is 5.60. The van der Waals surface area contributed by atoms with Crippen LogP contribution in [0.4, 0.5) is 5.69 Å². The van der Waals surface area contributed by atoms with Crippen molar-refractivity contribution in [2.45, 2.75) is 25.9 Å². The van der Waals surface area contributed by atoms with E-state index in [2.05, 4.69) is 44.1 Å². The molecule has 1 aliphatic heterocycles. The van der Waals surface area contributed by atoms with Crippen molar-refractivity contribution in [3.05, 3.63) is 30.6 Å². The van der Waals surface area contributed by atoms with E-state index in [4.69, 9.17) is 4.74 Å². The number of nitrogens with zero attached hydrogens (tertiary/aromatic N) is 6. The van der Waals surface area contributed by atoms with Crippen LogP contribution in [0.3, 0.4) is 0 Å². The number of rotatable bonds is 3. The molecule has 0 spiro atoms. The summed E-state index contributed by atoms with van der Waals surface area (Å²) in [5, 5.41) is 20.1. The number of fused-ring (bicyclic) bond motifs is 2. The standard InChI is InChI=1S/C22H25N7O2/c1-12-9-29(10-13(2)24-12)15-6-17-20(23-8-15)25-21(26-22(17)31-4)16-5-14-11-28(3)27-18(14)7-19(16)30/h5-8,11-13,24,30H,9-10H2,1-4H3/t12-,13+. The number of hydrogen-bond donors (Lipinski definition) is 2. The molecule has 0 unspecified atom stereocenters. The Hall–Kier alpha value is -3.46. The summed E-state index contributed by atoms with van der Waals surface area (Å²) in [6.07, 6.45) is 3.73. The fourth-order valence-electron chi connectivity index (χ4n) is 4.32. The molecule has 0 radical (unpaired) electrons. The summed E-state index contributed by atoms with van der Waals surface area (Å²) in [4.78, 5) is 16.1. The van der Waals surface area contributed by atoms with E-state index in [0.717, 1.165) is 29.5 Å². The minimum atomic E-state index is 0.0630. The number of anilines is 1. The molecule has 1 aliphatic rings. The lowest BCUT2D eigenvalue weighted by atomic mass is 10.1. The Balaban J connectivity index is 1.60. The Morgan fingerprint density at radius 1 is 1.13 bits per heavy atom. The molecule has 4 aromatic rings. The van der Waals surface area contributed by atoms with Crippen LogP contribution in [0.1, 0.15) is 13.8 Å². The van der Waals surface area contributed by atoms with Gasteiger partial charge in [0.15, 0.2) is 11.5 Å². The van der Waals surface area contributed by atoms with Crippen LogP contribution in [0.25, 0.3) is 33.3 Å². The lowest BCUT2D eigenvalue weighted by Gasteiger charge is -2.37. The van der Waals surface area contributed by atoms with Gasteiger partial charge >= 0.3 is 0 Å². The highest BCUT2D eigenvalue weighted by Gasteiger charge is 2.23. The topological polar surface area (TPSA) is 101 Å². The third kappa shape index (κ3) is 3.50. The van der Waals surface area contributed by atoms with E-state index >= 15 is 0 Å². The molecule has 4 heterocycles. The van der Waals surface area contributed by atoms with Crippen molar-refractivity contribution in [2.75, 3.05) is 25.1 Å². The predicted octanol–water partition coefficient (Wildman–Crippen LogP) is 2.48. The van der Waals surface area contributed by atoms with Crippen molar-refractivity contribution < 1.29 is 9.84 Å². The second-order valence-electron chi connectivity index (χ2n) is 8.23. The van der Waals surface area contributed by atoms with Gasteiger partial charge in [-0.15, -0.1) is 0 Å². The predicted molar refractivity (Wildman–Crippen MR) is 120 cm³/mol. The van der Waals surface area contributed by atoms with Gasteiger partial charge in [-0.2, -0.15) is 10.1 Å². The van der Waals surface area contributed by atoms with E-state index in [1.807, 2.05) is 31.6 Å². The SMILES string of the molecule is COc1nc(-c2cc3cn(C)nc3cc2O)nc2ncc(N3C[C@@H](C)N[C@@H](C)C3)cc12. The molecule has 1 saturated heterocycles. The van der Waals surface area contributed by atoms with Crippen molar-refractivity contribution in [3.63, 3.8) is 0 Å². The first-order chi connectivity index (χ1) is 14.9. The number of benzene rings is 1. The molecule has 2 N–H and O–H groups in total. The Morgan fingerprint density at radius 3 is 2.65 bits per heavy atom. The molecule has 2 atom stereocenters. The number of hydrogen-bond acceptors (Lipinski definition) is 8. The number of aromatic hydroxyl groups is 1. The summed E-state index contributed by atoms with van der Waals surface area (Å²) < 4.78 is 7.29. The minimum absolute atomic E-state index is 0.0630. The Bertz CT molecular complexity index is 1280. The van der Waals surface area contributed by atoms with Gasteiger partial charge in [0.2, 0.25) is 5.88 Å². The maximum absolute atomic E-state index is 10.6. The summed E-state index contributed by atoms with van der Waals surface area (Å²) in [7, 11) is 3.42. The molecular weight excluding hydrogens is 394 g/mol. The normalized spacial score (nSPS) is 19.3. The van der Waals surface area contributed by atoms with Crippen LogP contribution in [-0.4, -0.2) is 62.1 Å². The van der Waals surface area contributed by atoms with Gasteiger partial charge in [-0.25, -0.2) is 9.97 Å². The zero-order valence-corrected chi connectivity index (χ0v) is 18.0. The molecule has 1 fully saturated rings. The van der Waals surface area contributed by atoms with E-state index in [1.54, 1.807) is 17.9 Å². The number of pyridine rings is 1. The highest BCUT2D eigenvalue weighted by Crippen LogP contribution is 2.34. The molecule has 9 heteroatoms.